The maximum Gasteiger partial charge on any atom is 0.390 e. The number of halogens is 4. The lowest BCUT2D eigenvalue weighted by Crippen LogP contribution is -2.44. The second-order valence-electron chi connectivity index (χ2n) is 4.80. The first-order valence-corrected chi connectivity index (χ1v) is 7.22. The van der Waals surface area contributed by atoms with Gasteiger partial charge in [0.1, 0.15) is 0 Å². The van der Waals surface area contributed by atoms with Crippen LogP contribution in [0, 0.1) is 0 Å². The molecule has 1 aromatic carbocycles. The molecule has 3 N–H and O–H groups in total. The van der Waals surface area contributed by atoms with Crippen molar-refractivity contribution in [3.8, 4) is 0 Å². The molecule has 0 bridgehead atoms. The number of nitrogens with zero attached hydrogens (tertiary/aromatic N) is 1. The lowest BCUT2D eigenvalue weighted by atomic mass is 10.1. The Kier molecular flexibility index (Phi) is 11.2. The summed E-state index contributed by atoms with van der Waals surface area (Å²) in [7, 11) is 1.43. The van der Waals surface area contributed by atoms with Gasteiger partial charge in [-0.25, -0.2) is 0 Å². The van der Waals surface area contributed by atoms with Crippen LogP contribution in [0.25, 0.3) is 0 Å². The summed E-state index contributed by atoms with van der Waals surface area (Å²) in [6, 6.07) is 9.71. The predicted octanol–water partition coefficient (Wildman–Crippen LogP) is 2.08. The number of nitrogens with one attached hydrogen (secondary N) is 3. The van der Waals surface area contributed by atoms with Crippen molar-refractivity contribution in [2.24, 2.45) is 4.99 Å². The van der Waals surface area contributed by atoms with Crippen LogP contribution in [0.3, 0.4) is 0 Å². The van der Waals surface area contributed by atoms with Crippen LogP contribution in [0.4, 0.5) is 13.2 Å². The third kappa shape index (κ3) is 11.1. The van der Waals surface area contributed by atoms with Crippen LogP contribution >= 0.6 is 24.0 Å². The van der Waals surface area contributed by atoms with E-state index in [2.05, 4.69) is 20.9 Å². The summed E-state index contributed by atoms with van der Waals surface area (Å²) >= 11 is 0. The van der Waals surface area contributed by atoms with Gasteiger partial charge in [-0.1, -0.05) is 30.3 Å². The Morgan fingerprint density at radius 1 is 1.08 bits per heavy atom. The van der Waals surface area contributed by atoms with Gasteiger partial charge in [0.05, 0.1) is 13.0 Å². The van der Waals surface area contributed by atoms with Crippen molar-refractivity contribution in [3.63, 3.8) is 0 Å². The number of aliphatic imine (C=N–C) groups is 1. The number of benzene rings is 1. The monoisotopic (exact) mass is 458 g/mol. The van der Waals surface area contributed by atoms with Crippen molar-refractivity contribution >= 4 is 35.8 Å². The first-order valence-electron chi connectivity index (χ1n) is 7.22. The molecule has 0 aromatic heterocycles. The van der Waals surface area contributed by atoms with Crippen molar-refractivity contribution in [2.75, 3.05) is 26.7 Å². The van der Waals surface area contributed by atoms with E-state index in [1.165, 1.54) is 7.05 Å². The van der Waals surface area contributed by atoms with Gasteiger partial charge in [0.2, 0.25) is 5.91 Å². The van der Waals surface area contributed by atoms with Gasteiger partial charge in [-0.15, -0.1) is 24.0 Å². The fraction of sp³-hybridized carbons (Fsp3) is 0.467. The van der Waals surface area contributed by atoms with Crippen LogP contribution in [0.1, 0.15) is 12.0 Å². The molecule has 1 aromatic rings. The number of amides is 1. The first-order chi connectivity index (χ1) is 10.9. The fourth-order valence-corrected chi connectivity index (χ4v) is 1.76. The van der Waals surface area contributed by atoms with Crippen molar-refractivity contribution in [1.29, 1.82) is 0 Å². The van der Waals surface area contributed by atoms with E-state index in [-0.39, 0.29) is 48.9 Å². The van der Waals surface area contributed by atoms with E-state index in [0.29, 0.717) is 13.0 Å². The lowest BCUT2D eigenvalue weighted by Gasteiger charge is -2.13. The SMILES string of the molecule is CN=C(NCCC(F)(F)F)NCC(=O)NCCc1ccccc1.I. The third-order valence-electron chi connectivity index (χ3n) is 2.92. The van der Waals surface area contributed by atoms with Crippen LogP contribution in [-0.2, 0) is 11.2 Å². The van der Waals surface area contributed by atoms with E-state index in [4.69, 9.17) is 0 Å². The zero-order valence-corrected chi connectivity index (χ0v) is 15.7. The average molecular weight is 458 g/mol. The van der Waals surface area contributed by atoms with E-state index in [0.717, 1.165) is 5.56 Å². The minimum absolute atomic E-state index is 0. The Balaban J connectivity index is 0.00000529. The molecule has 136 valence electrons. The molecule has 0 spiro atoms. The molecule has 0 saturated carbocycles. The number of alkyl halides is 3. The zero-order chi connectivity index (χ0) is 17.1. The average Bonchev–Trinajstić information content (AvgIpc) is 2.50. The second-order valence-corrected chi connectivity index (χ2v) is 4.80. The second kappa shape index (κ2) is 11.9. The minimum Gasteiger partial charge on any atom is -0.356 e. The van der Waals surface area contributed by atoms with Gasteiger partial charge in [0.15, 0.2) is 5.96 Å². The van der Waals surface area contributed by atoms with E-state index in [1.807, 2.05) is 30.3 Å². The highest BCUT2D eigenvalue weighted by molar-refractivity contribution is 14.0. The molecule has 0 saturated heterocycles. The van der Waals surface area contributed by atoms with Crippen LogP contribution in [0.2, 0.25) is 0 Å². The molecule has 0 fully saturated rings. The Labute approximate surface area is 156 Å². The molecule has 0 aliphatic carbocycles. The number of carbonyl (C=O) groups is 1. The van der Waals surface area contributed by atoms with Gasteiger partial charge < -0.3 is 16.0 Å². The van der Waals surface area contributed by atoms with E-state index in [1.54, 1.807) is 0 Å². The number of hydrogen-bond acceptors (Lipinski definition) is 2. The van der Waals surface area contributed by atoms with Gasteiger partial charge in [-0.3, -0.25) is 9.79 Å². The summed E-state index contributed by atoms with van der Waals surface area (Å²) in [4.78, 5) is 15.4. The smallest absolute Gasteiger partial charge is 0.356 e. The molecule has 24 heavy (non-hydrogen) atoms. The summed E-state index contributed by atoms with van der Waals surface area (Å²) in [5.74, 6) is -0.0906. The van der Waals surface area contributed by atoms with Crippen LogP contribution in [0.5, 0.6) is 0 Å². The molecule has 0 atom stereocenters. The minimum atomic E-state index is -4.22. The van der Waals surface area contributed by atoms with Crippen molar-refractivity contribution < 1.29 is 18.0 Å². The third-order valence-corrected chi connectivity index (χ3v) is 2.92. The molecule has 0 aliphatic rings. The lowest BCUT2D eigenvalue weighted by molar-refractivity contribution is -0.132. The number of rotatable bonds is 7. The summed E-state index contributed by atoms with van der Waals surface area (Å²) in [5, 5.41) is 7.89. The summed E-state index contributed by atoms with van der Waals surface area (Å²) < 4.78 is 36.1. The summed E-state index contributed by atoms with van der Waals surface area (Å²) in [5.41, 5.74) is 1.12. The van der Waals surface area contributed by atoms with Gasteiger partial charge in [-0.2, -0.15) is 13.2 Å². The highest BCUT2D eigenvalue weighted by atomic mass is 127. The van der Waals surface area contributed by atoms with Crippen molar-refractivity contribution in [3.05, 3.63) is 35.9 Å². The first kappa shape index (κ1) is 22.5. The summed E-state index contributed by atoms with van der Waals surface area (Å²) in [6.07, 6.45) is -4.47. The molecule has 1 amide bonds. The molecule has 0 unspecified atom stereocenters. The Morgan fingerprint density at radius 3 is 2.33 bits per heavy atom. The molecule has 5 nitrogen and oxygen atoms in total. The van der Waals surface area contributed by atoms with E-state index in [9.17, 15) is 18.0 Å². The molecular weight excluding hydrogens is 436 g/mol. The Morgan fingerprint density at radius 2 is 1.75 bits per heavy atom. The standard InChI is InChI=1S/C15H21F3N4O.HI/c1-19-14(21-10-8-15(16,17)18)22-11-13(23)20-9-7-12-5-3-2-4-6-12;/h2-6H,7-11H2,1H3,(H,20,23)(H2,19,21,22);1H. The maximum atomic E-state index is 12.0. The summed E-state index contributed by atoms with van der Waals surface area (Å²) in [6.45, 7) is 0.143. The largest absolute Gasteiger partial charge is 0.390 e. The van der Waals surface area contributed by atoms with E-state index < -0.39 is 12.6 Å². The molecule has 1 rings (SSSR count). The van der Waals surface area contributed by atoms with Gasteiger partial charge in [0.25, 0.3) is 0 Å². The van der Waals surface area contributed by atoms with E-state index >= 15 is 0 Å². The van der Waals surface area contributed by atoms with Crippen LogP contribution in [-0.4, -0.2) is 44.7 Å². The van der Waals surface area contributed by atoms with Gasteiger partial charge in [0, 0.05) is 20.1 Å². The van der Waals surface area contributed by atoms with Crippen LogP contribution in [0.15, 0.2) is 35.3 Å². The van der Waals surface area contributed by atoms with Gasteiger partial charge >= 0.3 is 6.18 Å². The number of carbonyl (C=O) groups excluding carboxylic acids is 1. The quantitative estimate of drug-likeness (QED) is 0.333. The highest BCUT2D eigenvalue weighted by Gasteiger charge is 2.26. The zero-order valence-electron chi connectivity index (χ0n) is 13.3. The maximum absolute atomic E-state index is 12.0. The Hall–Kier alpha value is -1.52. The molecular formula is C15H22F3IN4O. The molecule has 0 aliphatic heterocycles. The molecule has 0 heterocycles. The normalized spacial score (nSPS) is 11.4. The molecule has 0 radical (unpaired) electrons. The van der Waals surface area contributed by atoms with Crippen molar-refractivity contribution in [1.82, 2.24) is 16.0 Å². The van der Waals surface area contributed by atoms with Crippen molar-refractivity contribution in [2.45, 2.75) is 19.0 Å². The highest BCUT2D eigenvalue weighted by Crippen LogP contribution is 2.17. The number of hydrogen-bond donors (Lipinski definition) is 3. The number of guanidine groups is 1. The van der Waals surface area contributed by atoms with Gasteiger partial charge in [-0.05, 0) is 12.0 Å². The fourth-order valence-electron chi connectivity index (χ4n) is 1.76. The topological polar surface area (TPSA) is 65.5 Å². The van der Waals surface area contributed by atoms with Crippen LogP contribution < -0.4 is 16.0 Å². The molecule has 9 heteroatoms. The Bertz CT molecular complexity index is 509. The predicted molar refractivity (Wildman–Crippen MR) is 98.6 cm³/mol.